The third-order valence-electron chi connectivity index (χ3n) is 5.83. The number of aryl methyl sites for hydroxylation is 1. The van der Waals surface area contributed by atoms with Gasteiger partial charge >= 0.3 is 6.03 Å². The third kappa shape index (κ3) is 4.68. The second-order valence-corrected chi connectivity index (χ2v) is 8.96. The van der Waals surface area contributed by atoms with E-state index in [1.165, 1.54) is 0 Å². The van der Waals surface area contributed by atoms with Gasteiger partial charge in [0.15, 0.2) is 12.0 Å². The Balaban J connectivity index is 1.44. The highest BCUT2D eigenvalue weighted by atomic mass is 16.8. The molecule has 0 saturated carbocycles. The maximum Gasteiger partial charge on any atom is 0.322 e. The van der Waals surface area contributed by atoms with Crippen molar-refractivity contribution in [3.63, 3.8) is 0 Å². The predicted octanol–water partition coefficient (Wildman–Crippen LogP) is 4.55. The minimum Gasteiger partial charge on any atom is -0.338 e. The van der Waals surface area contributed by atoms with Crippen molar-refractivity contribution in [2.45, 2.75) is 38.9 Å². The maximum atomic E-state index is 13.2. The summed E-state index contributed by atoms with van der Waals surface area (Å²) in [7, 11) is 1.86. The van der Waals surface area contributed by atoms with Gasteiger partial charge in [-0.2, -0.15) is 10.2 Å². The summed E-state index contributed by atoms with van der Waals surface area (Å²) in [5.41, 5.74) is 4.17. The molecule has 180 valence electrons. The average Bonchev–Trinajstić information content (AvgIpc) is 3.50. The van der Waals surface area contributed by atoms with E-state index in [-0.39, 0.29) is 0 Å². The molecule has 0 bridgehead atoms. The molecule has 2 N–H and O–H groups in total. The summed E-state index contributed by atoms with van der Waals surface area (Å²) >= 11 is 0. The van der Waals surface area contributed by atoms with Crippen molar-refractivity contribution in [1.82, 2.24) is 24.9 Å². The van der Waals surface area contributed by atoms with Gasteiger partial charge in [0, 0.05) is 24.4 Å². The van der Waals surface area contributed by atoms with Crippen LogP contribution in [0.5, 0.6) is 0 Å². The first-order chi connectivity index (χ1) is 16.8. The van der Waals surface area contributed by atoms with Crippen LogP contribution in [0.2, 0.25) is 0 Å². The zero-order valence-electron chi connectivity index (χ0n) is 20.1. The van der Waals surface area contributed by atoms with E-state index in [2.05, 4.69) is 15.7 Å². The molecule has 1 aliphatic rings. The maximum absolute atomic E-state index is 13.2. The van der Waals surface area contributed by atoms with Gasteiger partial charge in [-0.1, -0.05) is 48.5 Å². The monoisotopic (exact) mass is 472 g/mol. The van der Waals surface area contributed by atoms with E-state index in [0.29, 0.717) is 5.82 Å². The fourth-order valence-electron chi connectivity index (χ4n) is 4.24. The summed E-state index contributed by atoms with van der Waals surface area (Å²) < 4.78 is 15.6. The van der Waals surface area contributed by atoms with Gasteiger partial charge in [-0.3, -0.25) is 10.00 Å². The zero-order chi connectivity index (χ0) is 24.6. The smallest absolute Gasteiger partial charge is 0.322 e. The van der Waals surface area contributed by atoms with Crippen molar-refractivity contribution >= 4 is 11.8 Å². The fourth-order valence-corrected chi connectivity index (χ4v) is 4.24. The number of hydrogen-bond donors (Lipinski definition) is 2. The van der Waals surface area contributed by atoms with Crippen LogP contribution in [0.25, 0.3) is 16.9 Å². The normalized spacial score (nSPS) is 19.0. The Morgan fingerprint density at radius 3 is 2.37 bits per heavy atom. The number of rotatable bonds is 5. The SMILES string of the molecule is Cc1c(-c2cnn(C)c2)nn(-c2ccccc2)c1NC(=O)N[C@@H]1OC(C)(C)O[C@H]1c1ccccc1. The molecule has 5 rings (SSSR count). The summed E-state index contributed by atoms with van der Waals surface area (Å²) in [4.78, 5) is 13.2. The number of carbonyl (C=O) groups is 1. The van der Waals surface area contributed by atoms with E-state index >= 15 is 0 Å². The zero-order valence-corrected chi connectivity index (χ0v) is 20.1. The van der Waals surface area contributed by atoms with Crippen molar-refractivity contribution in [2.24, 2.45) is 7.05 Å². The van der Waals surface area contributed by atoms with E-state index in [4.69, 9.17) is 14.6 Å². The van der Waals surface area contributed by atoms with Gasteiger partial charge in [0.25, 0.3) is 0 Å². The molecule has 1 aliphatic heterocycles. The number of hydrogen-bond acceptors (Lipinski definition) is 5. The molecule has 0 unspecified atom stereocenters. The molecule has 3 heterocycles. The number of nitrogens with one attached hydrogen (secondary N) is 2. The number of carbonyl (C=O) groups excluding carboxylic acids is 1. The van der Waals surface area contributed by atoms with Crippen molar-refractivity contribution in [3.8, 4) is 16.9 Å². The first kappa shape index (κ1) is 22.8. The van der Waals surface area contributed by atoms with Crippen molar-refractivity contribution in [2.75, 3.05) is 5.32 Å². The molecule has 9 heteroatoms. The molecule has 2 aromatic heterocycles. The first-order valence-corrected chi connectivity index (χ1v) is 11.4. The molecule has 1 fully saturated rings. The number of para-hydroxylation sites is 1. The van der Waals surface area contributed by atoms with E-state index in [0.717, 1.165) is 28.1 Å². The Morgan fingerprint density at radius 1 is 1.03 bits per heavy atom. The number of anilines is 1. The number of nitrogens with zero attached hydrogens (tertiary/aromatic N) is 4. The molecule has 2 atom stereocenters. The average molecular weight is 473 g/mol. The number of ether oxygens (including phenoxy) is 2. The van der Waals surface area contributed by atoms with Gasteiger partial charge < -0.3 is 14.8 Å². The van der Waals surface area contributed by atoms with Crippen molar-refractivity contribution in [1.29, 1.82) is 0 Å². The quantitative estimate of drug-likeness (QED) is 0.444. The molecule has 2 aromatic carbocycles. The van der Waals surface area contributed by atoms with Gasteiger partial charge in [0.1, 0.15) is 17.6 Å². The fraction of sp³-hybridized carbons (Fsp3) is 0.269. The van der Waals surface area contributed by atoms with Gasteiger partial charge in [0.2, 0.25) is 0 Å². The Labute approximate surface area is 203 Å². The van der Waals surface area contributed by atoms with E-state index in [1.54, 1.807) is 15.6 Å². The summed E-state index contributed by atoms with van der Waals surface area (Å²) in [6, 6.07) is 19.0. The van der Waals surface area contributed by atoms with Crippen LogP contribution in [0, 0.1) is 6.92 Å². The lowest BCUT2D eigenvalue weighted by Gasteiger charge is -2.19. The predicted molar refractivity (Wildman–Crippen MR) is 132 cm³/mol. The summed E-state index contributed by atoms with van der Waals surface area (Å²) in [5.74, 6) is -0.282. The molecule has 0 aliphatic carbocycles. The highest BCUT2D eigenvalue weighted by Crippen LogP contribution is 2.37. The Kier molecular flexibility index (Phi) is 5.88. The van der Waals surface area contributed by atoms with Crippen LogP contribution in [-0.2, 0) is 16.5 Å². The lowest BCUT2D eigenvalue weighted by molar-refractivity contribution is -0.148. The number of amides is 2. The number of aromatic nitrogens is 4. The van der Waals surface area contributed by atoms with Crippen LogP contribution in [0.4, 0.5) is 10.6 Å². The third-order valence-corrected chi connectivity index (χ3v) is 5.83. The standard InChI is InChI=1S/C26H28N6O3/c1-17-21(19-15-27-31(4)16-19)30-32(20-13-9-6-10-14-20)23(17)28-25(33)29-24-22(34-26(2,3)35-24)18-11-7-5-8-12-18/h5-16,22,24H,1-4H3,(H2,28,29,33)/t22-,24+/m0/s1. The molecular formula is C26H28N6O3. The molecule has 4 aromatic rings. The van der Waals surface area contributed by atoms with E-state index < -0.39 is 24.2 Å². The van der Waals surface area contributed by atoms with Crippen LogP contribution >= 0.6 is 0 Å². The van der Waals surface area contributed by atoms with E-state index in [9.17, 15) is 4.79 Å². The van der Waals surface area contributed by atoms with Crippen LogP contribution in [-0.4, -0.2) is 37.6 Å². The lowest BCUT2D eigenvalue weighted by atomic mass is 10.1. The molecule has 9 nitrogen and oxygen atoms in total. The van der Waals surface area contributed by atoms with Crippen molar-refractivity contribution < 1.29 is 14.3 Å². The van der Waals surface area contributed by atoms with Crippen LogP contribution in [0.1, 0.15) is 31.1 Å². The highest BCUT2D eigenvalue weighted by Gasteiger charge is 2.43. The summed E-state index contributed by atoms with van der Waals surface area (Å²) in [5, 5.41) is 15.0. The van der Waals surface area contributed by atoms with Gasteiger partial charge in [-0.25, -0.2) is 9.48 Å². The molecule has 2 amide bonds. The van der Waals surface area contributed by atoms with Crippen molar-refractivity contribution in [3.05, 3.63) is 84.2 Å². The molecule has 35 heavy (non-hydrogen) atoms. The molecule has 1 saturated heterocycles. The number of urea groups is 1. The van der Waals surface area contributed by atoms with Crippen LogP contribution < -0.4 is 10.6 Å². The summed E-state index contributed by atoms with van der Waals surface area (Å²) in [6.45, 7) is 5.59. The molecular weight excluding hydrogens is 444 g/mol. The Hall–Kier alpha value is -3.95. The molecule has 0 spiro atoms. The minimum absolute atomic E-state index is 0.421. The Morgan fingerprint density at radius 2 is 1.71 bits per heavy atom. The summed E-state index contributed by atoms with van der Waals surface area (Å²) in [6.07, 6.45) is 2.54. The topological polar surface area (TPSA) is 95.2 Å². The van der Waals surface area contributed by atoms with Crippen LogP contribution in [0.15, 0.2) is 73.1 Å². The lowest BCUT2D eigenvalue weighted by Crippen LogP contribution is -2.41. The largest absolute Gasteiger partial charge is 0.338 e. The Bertz CT molecular complexity index is 1330. The first-order valence-electron chi connectivity index (χ1n) is 11.4. The van der Waals surface area contributed by atoms with Gasteiger partial charge in [-0.05, 0) is 38.5 Å². The molecule has 0 radical (unpaired) electrons. The van der Waals surface area contributed by atoms with E-state index in [1.807, 2.05) is 94.7 Å². The highest BCUT2D eigenvalue weighted by molar-refractivity contribution is 5.91. The van der Waals surface area contributed by atoms with Gasteiger partial charge in [0.05, 0.1) is 11.9 Å². The minimum atomic E-state index is -0.840. The second-order valence-electron chi connectivity index (χ2n) is 8.96. The van der Waals surface area contributed by atoms with Gasteiger partial charge in [-0.15, -0.1) is 0 Å². The number of benzene rings is 2. The van der Waals surface area contributed by atoms with Crippen LogP contribution in [0.3, 0.4) is 0 Å². The second kappa shape index (κ2) is 9.01.